The van der Waals surface area contributed by atoms with Gasteiger partial charge in [0.15, 0.2) is 5.82 Å². The lowest BCUT2D eigenvalue weighted by atomic mass is 10.2. The molecule has 132 valence electrons. The Hall–Kier alpha value is -1.73. The Labute approximate surface area is 143 Å². The molecule has 1 saturated heterocycles. The van der Waals surface area contributed by atoms with Gasteiger partial charge in [-0.1, -0.05) is 19.0 Å². The first-order chi connectivity index (χ1) is 11.5. The molecule has 3 rings (SSSR count). The van der Waals surface area contributed by atoms with Gasteiger partial charge in [0.1, 0.15) is 0 Å². The first kappa shape index (κ1) is 17.1. The molecule has 0 spiro atoms. The lowest BCUT2D eigenvalue weighted by Crippen LogP contribution is -2.32. The van der Waals surface area contributed by atoms with Crippen LogP contribution in [0.15, 0.2) is 16.9 Å². The molecule has 0 unspecified atom stereocenters. The molecule has 3 heterocycles. The summed E-state index contributed by atoms with van der Waals surface area (Å²) in [5.41, 5.74) is 1.28. The molecule has 0 N–H and O–H groups in total. The van der Waals surface area contributed by atoms with Gasteiger partial charge in [-0.15, -0.1) is 0 Å². The number of nitrogens with zero attached hydrogens (tertiary/aromatic N) is 6. The third-order valence-corrected chi connectivity index (χ3v) is 4.67. The largest absolute Gasteiger partial charge is 0.338 e. The normalized spacial score (nSPS) is 18.9. The van der Waals surface area contributed by atoms with Crippen molar-refractivity contribution in [1.29, 1.82) is 0 Å². The van der Waals surface area contributed by atoms with Crippen LogP contribution in [0.25, 0.3) is 0 Å². The maximum absolute atomic E-state index is 5.48. The minimum absolute atomic E-state index is 0.170. The molecule has 0 saturated carbocycles. The lowest BCUT2D eigenvalue weighted by Gasteiger charge is -2.25. The van der Waals surface area contributed by atoms with Crippen molar-refractivity contribution in [2.75, 3.05) is 26.2 Å². The highest BCUT2D eigenvalue weighted by molar-refractivity contribution is 5.03. The number of aromatic nitrogens is 4. The molecule has 1 aliphatic rings. The second-order valence-corrected chi connectivity index (χ2v) is 7.01. The number of aryl methyl sites for hydroxylation is 1. The molecular weight excluding hydrogens is 304 g/mol. The van der Waals surface area contributed by atoms with Crippen LogP contribution in [0.1, 0.15) is 56.4 Å². The Bertz CT molecular complexity index is 649. The van der Waals surface area contributed by atoms with Crippen LogP contribution in [0.5, 0.6) is 0 Å². The van der Waals surface area contributed by atoms with E-state index in [0.717, 1.165) is 50.9 Å². The average Bonchev–Trinajstić information content (AvgIpc) is 3.12. The van der Waals surface area contributed by atoms with Gasteiger partial charge in [-0.05, 0) is 19.9 Å². The zero-order valence-electron chi connectivity index (χ0n) is 15.1. The second-order valence-electron chi connectivity index (χ2n) is 7.01. The van der Waals surface area contributed by atoms with Crippen molar-refractivity contribution in [2.45, 2.75) is 45.7 Å². The average molecular weight is 332 g/mol. The fraction of sp³-hybridized carbons (Fsp3) is 0.706. The van der Waals surface area contributed by atoms with Gasteiger partial charge >= 0.3 is 0 Å². The predicted molar refractivity (Wildman–Crippen MR) is 91.5 cm³/mol. The molecule has 0 amide bonds. The standard InChI is InChI=1S/C17H28N6O/c1-13(2)16-19-17(24-20-16)14(3)23-7-5-6-22(8-9-23)12-15-10-18-21(4)11-15/h10-11,13-14H,5-9,12H2,1-4H3/t14-/m1/s1. The minimum Gasteiger partial charge on any atom is -0.338 e. The predicted octanol–water partition coefficient (Wildman–Crippen LogP) is 2.20. The molecule has 1 aliphatic heterocycles. The Morgan fingerprint density at radius 3 is 2.67 bits per heavy atom. The van der Waals surface area contributed by atoms with Crippen molar-refractivity contribution in [3.05, 3.63) is 29.7 Å². The van der Waals surface area contributed by atoms with Crippen LogP contribution in [-0.4, -0.2) is 55.9 Å². The summed E-state index contributed by atoms with van der Waals surface area (Å²) in [5, 5.41) is 8.35. The fourth-order valence-electron chi connectivity index (χ4n) is 3.16. The molecule has 24 heavy (non-hydrogen) atoms. The summed E-state index contributed by atoms with van der Waals surface area (Å²) >= 11 is 0. The van der Waals surface area contributed by atoms with Gasteiger partial charge in [0, 0.05) is 50.9 Å². The van der Waals surface area contributed by atoms with E-state index in [1.165, 1.54) is 5.56 Å². The van der Waals surface area contributed by atoms with Gasteiger partial charge in [-0.2, -0.15) is 10.1 Å². The summed E-state index contributed by atoms with van der Waals surface area (Å²) in [7, 11) is 1.96. The van der Waals surface area contributed by atoms with Crippen molar-refractivity contribution in [3.63, 3.8) is 0 Å². The van der Waals surface area contributed by atoms with E-state index >= 15 is 0 Å². The zero-order valence-corrected chi connectivity index (χ0v) is 15.1. The van der Waals surface area contributed by atoms with Crippen molar-refractivity contribution >= 4 is 0 Å². The van der Waals surface area contributed by atoms with Crippen molar-refractivity contribution in [1.82, 2.24) is 29.7 Å². The number of hydrogen-bond donors (Lipinski definition) is 0. The monoisotopic (exact) mass is 332 g/mol. The molecule has 0 radical (unpaired) electrons. The summed E-state index contributed by atoms with van der Waals surface area (Å²) in [6.07, 6.45) is 5.20. The van der Waals surface area contributed by atoms with E-state index in [9.17, 15) is 0 Å². The highest BCUT2D eigenvalue weighted by Gasteiger charge is 2.24. The van der Waals surface area contributed by atoms with Crippen LogP contribution in [0, 0.1) is 0 Å². The van der Waals surface area contributed by atoms with Crippen molar-refractivity contribution < 1.29 is 4.52 Å². The topological polar surface area (TPSA) is 63.2 Å². The van der Waals surface area contributed by atoms with E-state index in [1.54, 1.807) is 0 Å². The third-order valence-electron chi connectivity index (χ3n) is 4.67. The van der Waals surface area contributed by atoms with Crippen molar-refractivity contribution in [3.8, 4) is 0 Å². The van der Waals surface area contributed by atoms with Crippen LogP contribution in [0.4, 0.5) is 0 Å². The third kappa shape index (κ3) is 4.02. The molecule has 0 aromatic carbocycles. The number of hydrogen-bond acceptors (Lipinski definition) is 6. The molecule has 7 heteroatoms. The van der Waals surface area contributed by atoms with Crippen LogP contribution in [0.2, 0.25) is 0 Å². The van der Waals surface area contributed by atoms with Gasteiger partial charge in [0.25, 0.3) is 0 Å². The molecule has 0 aliphatic carbocycles. The van der Waals surface area contributed by atoms with E-state index < -0.39 is 0 Å². The highest BCUT2D eigenvalue weighted by atomic mass is 16.5. The SMILES string of the molecule is CC(C)c1noc([C@@H](C)N2CCCN(Cc3cnn(C)c3)CC2)n1. The second kappa shape index (κ2) is 7.44. The smallest absolute Gasteiger partial charge is 0.243 e. The minimum atomic E-state index is 0.170. The number of rotatable bonds is 5. The maximum Gasteiger partial charge on any atom is 0.243 e. The molecule has 1 fully saturated rings. The summed E-state index contributed by atoms with van der Waals surface area (Å²) in [4.78, 5) is 9.50. The van der Waals surface area contributed by atoms with E-state index in [2.05, 4.69) is 52.0 Å². The molecular formula is C17H28N6O. The van der Waals surface area contributed by atoms with E-state index in [1.807, 2.05) is 17.9 Å². The van der Waals surface area contributed by atoms with Crippen LogP contribution in [0.3, 0.4) is 0 Å². The maximum atomic E-state index is 5.48. The van der Waals surface area contributed by atoms with Crippen molar-refractivity contribution in [2.24, 2.45) is 7.05 Å². The Kier molecular flexibility index (Phi) is 5.30. The Morgan fingerprint density at radius 1 is 1.17 bits per heavy atom. The van der Waals surface area contributed by atoms with Crippen LogP contribution < -0.4 is 0 Å². The van der Waals surface area contributed by atoms with Crippen LogP contribution in [-0.2, 0) is 13.6 Å². The van der Waals surface area contributed by atoms with Gasteiger partial charge < -0.3 is 4.52 Å². The van der Waals surface area contributed by atoms with Gasteiger partial charge in [-0.3, -0.25) is 14.5 Å². The zero-order chi connectivity index (χ0) is 17.1. The van der Waals surface area contributed by atoms with E-state index in [0.29, 0.717) is 5.92 Å². The summed E-state index contributed by atoms with van der Waals surface area (Å²) in [6, 6.07) is 0.170. The Balaban J connectivity index is 1.57. The lowest BCUT2D eigenvalue weighted by molar-refractivity contribution is 0.174. The molecule has 7 nitrogen and oxygen atoms in total. The van der Waals surface area contributed by atoms with E-state index in [-0.39, 0.29) is 6.04 Å². The molecule has 2 aromatic heterocycles. The first-order valence-corrected chi connectivity index (χ1v) is 8.80. The summed E-state index contributed by atoms with van der Waals surface area (Å²) < 4.78 is 7.34. The fourth-order valence-corrected chi connectivity index (χ4v) is 3.16. The first-order valence-electron chi connectivity index (χ1n) is 8.80. The summed E-state index contributed by atoms with van der Waals surface area (Å²) in [6.45, 7) is 11.5. The quantitative estimate of drug-likeness (QED) is 0.836. The van der Waals surface area contributed by atoms with Gasteiger partial charge in [0.05, 0.1) is 12.2 Å². The van der Waals surface area contributed by atoms with Crippen LogP contribution >= 0.6 is 0 Å². The Morgan fingerprint density at radius 2 is 2.00 bits per heavy atom. The highest BCUT2D eigenvalue weighted by Crippen LogP contribution is 2.22. The van der Waals surface area contributed by atoms with Gasteiger partial charge in [0.2, 0.25) is 5.89 Å². The molecule has 1 atom stereocenters. The summed E-state index contributed by atoms with van der Waals surface area (Å²) in [5.74, 6) is 1.83. The molecule has 0 bridgehead atoms. The van der Waals surface area contributed by atoms with E-state index in [4.69, 9.17) is 4.52 Å². The van der Waals surface area contributed by atoms with Gasteiger partial charge in [-0.25, -0.2) is 0 Å². The molecule has 2 aromatic rings.